The van der Waals surface area contributed by atoms with Gasteiger partial charge in [-0.05, 0) is 18.9 Å². The molecule has 1 N–H and O–H groups in total. The minimum absolute atomic E-state index is 0.165. The molecule has 35 heavy (non-hydrogen) atoms. The van der Waals surface area contributed by atoms with Crippen LogP contribution in [-0.2, 0) is 26.2 Å². The van der Waals surface area contributed by atoms with E-state index in [2.05, 4.69) is 9.97 Å². The summed E-state index contributed by atoms with van der Waals surface area (Å²) in [6.07, 6.45) is 2.78. The number of H-pyrrole nitrogens is 1. The lowest BCUT2D eigenvalue weighted by molar-refractivity contribution is 0.552. The van der Waals surface area contributed by atoms with Crippen molar-refractivity contribution in [1.29, 1.82) is 5.26 Å². The summed E-state index contributed by atoms with van der Waals surface area (Å²) >= 11 is 0. The van der Waals surface area contributed by atoms with Crippen LogP contribution in [0.2, 0.25) is 0 Å². The van der Waals surface area contributed by atoms with Gasteiger partial charge in [0, 0.05) is 19.3 Å². The topological polar surface area (TPSA) is 140 Å². The van der Waals surface area contributed by atoms with Crippen molar-refractivity contribution in [2.75, 3.05) is 0 Å². The zero-order chi connectivity index (χ0) is 25.1. The predicted octanol–water partition coefficient (Wildman–Crippen LogP) is 0.998. The van der Waals surface area contributed by atoms with Gasteiger partial charge in [-0.15, -0.1) is 0 Å². The van der Waals surface area contributed by atoms with E-state index in [9.17, 15) is 24.4 Å². The molecule has 0 spiro atoms. The SMILES string of the molecule is CCCCn1c(Cn2c(=O)c(C#N)cn(CC)c2=O)nc2c1c(=O)[nH]c(=O)n2Cc1ccccc1. The number of aromatic nitrogens is 6. The summed E-state index contributed by atoms with van der Waals surface area (Å²) in [6.45, 7) is 4.35. The van der Waals surface area contributed by atoms with Crippen LogP contribution in [0.25, 0.3) is 11.2 Å². The fraction of sp³-hybridized carbons (Fsp3) is 0.333. The Bertz CT molecular complexity index is 1660. The summed E-state index contributed by atoms with van der Waals surface area (Å²) in [5.74, 6) is 0.281. The molecule has 3 aromatic heterocycles. The van der Waals surface area contributed by atoms with Crippen molar-refractivity contribution in [3.8, 4) is 6.07 Å². The Labute approximate surface area is 199 Å². The minimum Gasteiger partial charge on any atom is -0.321 e. The maximum atomic E-state index is 12.9. The molecule has 11 heteroatoms. The lowest BCUT2D eigenvalue weighted by atomic mass is 10.2. The van der Waals surface area contributed by atoms with E-state index in [0.29, 0.717) is 13.0 Å². The Balaban J connectivity index is 1.97. The highest BCUT2D eigenvalue weighted by molar-refractivity contribution is 5.71. The summed E-state index contributed by atoms with van der Waals surface area (Å²) in [6, 6.07) is 11.1. The number of nitrogens with one attached hydrogen (secondary N) is 1. The molecule has 0 aliphatic rings. The number of nitrogens with zero attached hydrogens (tertiary/aromatic N) is 6. The Morgan fingerprint density at radius 2 is 1.74 bits per heavy atom. The number of hydrogen-bond acceptors (Lipinski definition) is 6. The highest BCUT2D eigenvalue weighted by Gasteiger charge is 2.21. The number of aryl methyl sites for hydroxylation is 2. The number of benzene rings is 1. The summed E-state index contributed by atoms with van der Waals surface area (Å²) in [4.78, 5) is 58.3. The smallest absolute Gasteiger partial charge is 0.321 e. The van der Waals surface area contributed by atoms with Gasteiger partial charge in [0.2, 0.25) is 0 Å². The first-order chi connectivity index (χ1) is 16.9. The molecule has 4 aromatic rings. The average Bonchev–Trinajstić information content (AvgIpc) is 3.22. The Morgan fingerprint density at radius 1 is 1.00 bits per heavy atom. The molecule has 4 rings (SSSR count). The van der Waals surface area contributed by atoms with E-state index in [4.69, 9.17) is 0 Å². The van der Waals surface area contributed by atoms with Crippen LogP contribution >= 0.6 is 0 Å². The average molecular weight is 476 g/mol. The van der Waals surface area contributed by atoms with Crippen LogP contribution in [0, 0.1) is 11.3 Å². The second-order valence-electron chi connectivity index (χ2n) is 8.15. The number of aromatic amines is 1. The molecule has 3 heterocycles. The maximum Gasteiger partial charge on any atom is 0.331 e. The first-order valence-corrected chi connectivity index (χ1v) is 11.4. The van der Waals surface area contributed by atoms with Crippen molar-refractivity contribution in [2.45, 2.75) is 52.9 Å². The van der Waals surface area contributed by atoms with Crippen LogP contribution in [0.3, 0.4) is 0 Å². The van der Waals surface area contributed by atoms with Crippen molar-refractivity contribution < 1.29 is 0 Å². The van der Waals surface area contributed by atoms with E-state index in [1.165, 1.54) is 15.3 Å². The lowest BCUT2D eigenvalue weighted by Crippen LogP contribution is -2.41. The Kier molecular flexibility index (Phi) is 6.64. The molecule has 11 nitrogen and oxygen atoms in total. The third kappa shape index (κ3) is 4.38. The molecule has 0 saturated heterocycles. The van der Waals surface area contributed by atoms with Gasteiger partial charge in [0.05, 0.1) is 13.1 Å². The standard InChI is InChI=1S/C24H25N7O4/c1-3-5-11-29-18(15-31-22(33)17(12-25)14-28(4-2)24(31)35)26-20-19(29)21(32)27-23(34)30(20)13-16-9-7-6-8-10-16/h6-10,14H,3-5,11,13,15H2,1-2H3,(H,27,32,34). The van der Waals surface area contributed by atoms with Crippen molar-refractivity contribution in [2.24, 2.45) is 0 Å². The summed E-state index contributed by atoms with van der Waals surface area (Å²) in [5, 5.41) is 9.37. The molecule has 0 aliphatic heterocycles. The molecular formula is C24H25N7O4. The minimum atomic E-state index is -0.730. The number of fused-ring (bicyclic) bond motifs is 1. The summed E-state index contributed by atoms with van der Waals surface area (Å²) in [7, 11) is 0. The van der Waals surface area contributed by atoms with Gasteiger partial charge in [-0.2, -0.15) is 5.26 Å². The summed E-state index contributed by atoms with van der Waals surface area (Å²) in [5.41, 5.74) is -1.45. The molecule has 0 atom stereocenters. The van der Waals surface area contributed by atoms with Gasteiger partial charge in [-0.25, -0.2) is 14.6 Å². The highest BCUT2D eigenvalue weighted by atomic mass is 16.2. The zero-order valence-corrected chi connectivity index (χ0v) is 19.5. The largest absolute Gasteiger partial charge is 0.331 e. The first kappa shape index (κ1) is 23.7. The third-order valence-corrected chi connectivity index (χ3v) is 5.88. The van der Waals surface area contributed by atoms with Gasteiger partial charge in [-0.1, -0.05) is 43.7 Å². The summed E-state index contributed by atoms with van der Waals surface area (Å²) < 4.78 is 5.24. The molecule has 0 amide bonds. The molecule has 1 aromatic carbocycles. The van der Waals surface area contributed by atoms with E-state index in [-0.39, 0.29) is 42.2 Å². The normalized spacial score (nSPS) is 11.1. The first-order valence-electron chi connectivity index (χ1n) is 11.4. The predicted molar refractivity (Wildman–Crippen MR) is 130 cm³/mol. The molecular weight excluding hydrogens is 450 g/mol. The van der Waals surface area contributed by atoms with Gasteiger partial charge < -0.3 is 4.57 Å². The van der Waals surface area contributed by atoms with Gasteiger partial charge in [0.1, 0.15) is 17.5 Å². The number of unbranched alkanes of at least 4 members (excludes halogenated alkanes) is 1. The van der Waals surface area contributed by atoms with Crippen LogP contribution in [0.5, 0.6) is 0 Å². The maximum absolute atomic E-state index is 12.9. The number of imidazole rings is 1. The van der Waals surface area contributed by atoms with E-state index in [0.717, 1.165) is 16.6 Å². The van der Waals surface area contributed by atoms with Crippen molar-refractivity contribution in [3.05, 3.63) is 95.2 Å². The molecule has 0 unspecified atom stereocenters. The molecule has 0 fully saturated rings. The van der Waals surface area contributed by atoms with Crippen LogP contribution < -0.4 is 22.5 Å². The van der Waals surface area contributed by atoms with Crippen molar-refractivity contribution >= 4 is 11.2 Å². The second kappa shape index (κ2) is 9.80. The third-order valence-electron chi connectivity index (χ3n) is 5.88. The van der Waals surface area contributed by atoms with Gasteiger partial charge in [0.25, 0.3) is 11.1 Å². The van der Waals surface area contributed by atoms with Crippen LogP contribution in [0.4, 0.5) is 0 Å². The lowest BCUT2D eigenvalue weighted by Gasteiger charge is -2.11. The zero-order valence-electron chi connectivity index (χ0n) is 19.5. The second-order valence-corrected chi connectivity index (χ2v) is 8.15. The van der Waals surface area contributed by atoms with Crippen molar-refractivity contribution in [1.82, 2.24) is 28.2 Å². The van der Waals surface area contributed by atoms with E-state index >= 15 is 0 Å². The number of hydrogen-bond donors (Lipinski definition) is 1. The highest BCUT2D eigenvalue weighted by Crippen LogP contribution is 2.15. The van der Waals surface area contributed by atoms with Gasteiger partial charge in [-0.3, -0.25) is 28.3 Å². The molecule has 180 valence electrons. The Hall–Kier alpha value is -4.46. The molecule has 0 aliphatic carbocycles. The number of rotatable bonds is 8. The fourth-order valence-electron chi connectivity index (χ4n) is 4.05. The Morgan fingerprint density at radius 3 is 2.40 bits per heavy atom. The fourth-order valence-corrected chi connectivity index (χ4v) is 4.05. The number of nitriles is 1. The quantitative estimate of drug-likeness (QED) is 0.403. The van der Waals surface area contributed by atoms with E-state index in [1.54, 1.807) is 11.5 Å². The molecule has 0 bridgehead atoms. The van der Waals surface area contributed by atoms with Crippen LogP contribution in [0.15, 0.2) is 55.7 Å². The van der Waals surface area contributed by atoms with Gasteiger partial charge >= 0.3 is 11.4 Å². The van der Waals surface area contributed by atoms with Gasteiger partial charge in [0.15, 0.2) is 11.2 Å². The van der Waals surface area contributed by atoms with E-state index < -0.39 is 22.5 Å². The van der Waals surface area contributed by atoms with Crippen LogP contribution in [-0.4, -0.2) is 28.2 Å². The van der Waals surface area contributed by atoms with E-state index in [1.807, 2.05) is 43.3 Å². The monoisotopic (exact) mass is 475 g/mol. The van der Waals surface area contributed by atoms with Crippen LogP contribution in [0.1, 0.15) is 43.6 Å². The van der Waals surface area contributed by atoms with Crippen molar-refractivity contribution in [3.63, 3.8) is 0 Å². The molecule has 0 radical (unpaired) electrons. The molecule has 0 saturated carbocycles.